The Hall–Kier alpha value is -1.03. The summed E-state index contributed by atoms with van der Waals surface area (Å²) in [5.41, 5.74) is 2.00. The van der Waals surface area contributed by atoms with Crippen LogP contribution in [0.15, 0.2) is 12.1 Å². The third-order valence-electron chi connectivity index (χ3n) is 1.54. The van der Waals surface area contributed by atoms with E-state index in [0.29, 0.717) is 0 Å². The van der Waals surface area contributed by atoms with Crippen molar-refractivity contribution in [2.24, 2.45) is 0 Å². The summed E-state index contributed by atoms with van der Waals surface area (Å²) in [5, 5.41) is 3.90. The highest BCUT2D eigenvalue weighted by Crippen LogP contribution is 2.12. The average Bonchev–Trinajstić information content (AvgIpc) is 2.50. The molecule has 56 valence electrons. The van der Waals surface area contributed by atoms with Gasteiger partial charge in [0, 0.05) is 17.2 Å². The van der Waals surface area contributed by atoms with Crippen molar-refractivity contribution in [2.75, 3.05) is 0 Å². The maximum atomic E-state index is 4.35. The van der Waals surface area contributed by atoms with Crippen molar-refractivity contribution in [3.63, 3.8) is 0 Å². The Morgan fingerprint density at radius 2 is 2.36 bits per heavy atom. The molecule has 11 heavy (non-hydrogen) atoms. The van der Waals surface area contributed by atoms with Crippen LogP contribution in [-0.4, -0.2) is 14.6 Å². The quantitative estimate of drug-likeness (QED) is 0.645. The van der Waals surface area contributed by atoms with Crippen LogP contribution in [0.5, 0.6) is 0 Å². The highest BCUT2D eigenvalue weighted by molar-refractivity contribution is 7.12. The molecule has 2 rings (SSSR count). The topological polar surface area (TPSA) is 38.7 Å². The Labute approximate surface area is 68.3 Å². The maximum absolute atomic E-state index is 4.35. The molecule has 2 aromatic heterocycles. The molecular weight excluding hydrogens is 158 g/mol. The van der Waals surface area contributed by atoms with E-state index in [2.05, 4.69) is 21.5 Å². The Balaban J connectivity index is 2.67. The Morgan fingerprint density at radius 3 is 3.18 bits per heavy atom. The van der Waals surface area contributed by atoms with Crippen molar-refractivity contribution < 1.29 is 0 Å². The van der Waals surface area contributed by atoms with Gasteiger partial charge >= 0.3 is 0 Å². The van der Waals surface area contributed by atoms with E-state index in [1.807, 2.05) is 12.1 Å². The van der Waals surface area contributed by atoms with Crippen LogP contribution in [0.25, 0.3) is 10.3 Å². The van der Waals surface area contributed by atoms with E-state index in [1.165, 1.54) is 11.5 Å². The lowest BCUT2D eigenvalue weighted by atomic mass is 10.3. The van der Waals surface area contributed by atoms with Crippen molar-refractivity contribution in [2.45, 2.75) is 13.3 Å². The van der Waals surface area contributed by atoms with Crippen molar-refractivity contribution in [1.82, 2.24) is 14.6 Å². The number of nitrogens with zero attached hydrogens (tertiary/aromatic N) is 3. The molecular formula is C7H7N3S. The normalized spacial score (nSPS) is 10.6. The third kappa shape index (κ3) is 1.09. The molecule has 0 aliphatic carbocycles. The van der Waals surface area contributed by atoms with E-state index in [-0.39, 0.29) is 0 Å². The van der Waals surface area contributed by atoms with Gasteiger partial charge in [-0.2, -0.15) is 0 Å². The van der Waals surface area contributed by atoms with Crippen LogP contribution in [0, 0.1) is 0 Å². The fourth-order valence-corrected chi connectivity index (χ4v) is 1.48. The van der Waals surface area contributed by atoms with E-state index < -0.39 is 0 Å². The summed E-state index contributed by atoms with van der Waals surface area (Å²) in [4.78, 5) is 5.28. The molecule has 0 radical (unpaired) electrons. The summed E-state index contributed by atoms with van der Waals surface area (Å²) in [5.74, 6) is 0. The van der Waals surface area contributed by atoms with Crippen molar-refractivity contribution in [3.05, 3.63) is 17.8 Å². The van der Waals surface area contributed by atoms with Crippen LogP contribution in [0.4, 0.5) is 0 Å². The third-order valence-corrected chi connectivity index (χ3v) is 2.17. The molecule has 0 aromatic carbocycles. The SMILES string of the molecule is CCc1ccc2nnsc2n1. The van der Waals surface area contributed by atoms with Crippen LogP contribution >= 0.6 is 11.5 Å². The highest BCUT2D eigenvalue weighted by Gasteiger charge is 1.98. The lowest BCUT2D eigenvalue weighted by Crippen LogP contribution is -1.84. The zero-order valence-electron chi connectivity index (χ0n) is 6.11. The van der Waals surface area contributed by atoms with Crippen molar-refractivity contribution in [3.8, 4) is 0 Å². The molecule has 0 spiro atoms. The molecule has 2 aromatic rings. The first-order valence-electron chi connectivity index (χ1n) is 3.48. The van der Waals surface area contributed by atoms with E-state index in [0.717, 1.165) is 22.5 Å². The smallest absolute Gasteiger partial charge is 0.164 e. The van der Waals surface area contributed by atoms with E-state index in [4.69, 9.17) is 0 Å². The Kier molecular flexibility index (Phi) is 1.54. The van der Waals surface area contributed by atoms with Crippen LogP contribution in [0.1, 0.15) is 12.6 Å². The maximum Gasteiger partial charge on any atom is 0.164 e. The largest absolute Gasteiger partial charge is 0.239 e. The lowest BCUT2D eigenvalue weighted by Gasteiger charge is -1.91. The monoisotopic (exact) mass is 165 g/mol. The zero-order chi connectivity index (χ0) is 7.68. The second kappa shape index (κ2) is 2.54. The lowest BCUT2D eigenvalue weighted by molar-refractivity contribution is 1.06. The van der Waals surface area contributed by atoms with Gasteiger partial charge in [-0.05, 0) is 18.6 Å². The van der Waals surface area contributed by atoms with Crippen molar-refractivity contribution >= 4 is 21.9 Å². The van der Waals surface area contributed by atoms with Crippen LogP contribution in [0.2, 0.25) is 0 Å². The number of pyridine rings is 1. The summed E-state index contributed by atoms with van der Waals surface area (Å²) < 4.78 is 3.81. The molecule has 3 nitrogen and oxygen atoms in total. The summed E-state index contributed by atoms with van der Waals surface area (Å²) in [6.07, 6.45) is 0.966. The number of hydrogen-bond donors (Lipinski definition) is 0. The van der Waals surface area contributed by atoms with Gasteiger partial charge < -0.3 is 0 Å². The predicted octanol–water partition coefficient (Wildman–Crippen LogP) is 1.65. The van der Waals surface area contributed by atoms with Gasteiger partial charge in [-0.3, -0.25) is 0 Å². The first kappa shape index (κ1) is 6.67. The fourth-order valence-electron chi connectivity index (χ4n) is 0.915. The first-order chi connectivity index (χ1) is 5.40. The fraction of sp³-hybridized carbons (Fsp3) is 0.286. The molecule has 0 bridgehead atoms. The van der Waals surface area contributed by atoms with Gasteiger partial charge in [-0.1, -0.05) is 11.4 Å². The van der Waals surface area contributed by atoms with Gasteiger partial charge in [-0.15, -0.1) is 5.10 Å². The highest BCUT2D eigenvalue weighted by atomic mass is 32.1. The van der Waals surface area contributed by atoms with Gasteiger partial charge in [0.2, 0.25) is 0 Å². The van der Waals surface area contributed by atoms with Crippen LogP contribution < -0.4 is 0 Å². The summed E-state index contributed by atoms with van der Waals surface area (Å²) in [6, 6.07) is 3.95. The van der Waals surface area contributed by atoms with Gasteiger partial charge in [-0.25, -0.2) is 4.98 Å². The molecule has 4 heteroatoms. The number of aryl methyl sites for hydroxylation is 1. The summed E-state index contributed by atoms with van der Waals surface area (Å²) >= 11 is 1.34. The zero-order valence-corrected chi connectivity index (χ0v) is 6.93. The van der Waals surface area contributed by atoms with Crippen LogP contribution in [0.3, 0.4) is 0 Å². The summed E-state index contributed by atoms with van der Waals surface area (Å²) in [7, 11) is 0. The second-order valence-electron chi connectivity index (χ2n) is 2.25. The molecule has 0 saturated heterocycles. The molecule has 0 fully saturated rings. The standard InChI is InChI=1S/C7H7N3S/c1-2-5-3-4-6-7(8-5)11-10-9-6/h3-4H,2H2,1H3. The van der Waals surface area contributed by atoms with Gasteiger partial charge in [0.05, 0.1) is 0 Å². The van der Waals surface area contributed by atoms with E-state index in [9.17, 15) is 0 Å². The average molecular weight is 165 g/mol. The molecule has 0 aliphatic heterocycles. The number of rotatable bonds is 1. The minimum absolute atomic E-state index is 0.896. The number of aromatic nitrogens is 3. The van der Waals surface area contributed by atoms with Crippen LogP contribution in [-0.2, 0) is 6.42 Å². The molecule has 0 N–H and O–H groups in total. The number of fused-ring (bicyclic) bond motifs is 1. The van der Waals surface area contributed by atoms with Gasteiger partial charge in [0.25, 0.3) is 0 Å². The predicted molar refractivity (Wildman–Crippen MR) is 44.6 cm³/mol. The van der Waals surface area contributed by atoms with Gasteiger partial charge in [0.1, 0.15) is 5.52 Å². The number of hydrogen-bond acceptors (Lipinski definition) is 4. The molecule has 0 aliphatic rings. The van der Waals surface area contributed by atoms with E-state index in [1.54, 1.807) is 0 Å². The Morgan fingerprint density at radius 1 is 1.45 bits per heavy atom. The van der Waals surface area contributed by atoms with Gasteiger partial charge in [0.15, 0.2) is 4.83 Å². The van der Waals surface area contributed by atoms with E-state index >= 15 is 0 Å². The Bertz CT molecular complexity index is 368. The molecule has 0 amide bonds. The minimum Gasteiger partial charge on any atom is -0.239 e. The second-order valence-corrected chi connectivity index (χ2v) is 2.99. The minimum atomic E-state index is 0.896. The molecule has 0 atom stereocenters. The first-order valence-corrected chi connectivity index (χ1v) is 4.25. The molecule has 0 saturated carbocycles. The molecule has 2 heterocycles. The molecule has 0 unspecified atom stereocenters. The van der Waals surface area contributed by atoms with Crippen molar-refractivity contribution in [1.29, 1.82) is 0 Å². The summed E-state index contributed by atoms with van der Waals surface area (Å²) in [6.45, 7) is 2.09.